The van der Waals surface area contributed by atoms with Crippen molar-refractivity contribution >= 4 is 40.6 Å². The molecule has 10 heteroatoms. The van der Waals surface area contributed by atoms with E-state index in [1.165, 1.54) is 18.2 Å². The first-order chi connectivity index (χ1) is 17.9. The molecule has 1 heterocycles. The predicted octanol–water partition coefficient (Wildman–Crippen LogP) is 5.11. The number of carbonyl (C=O) groups is 2. The molecule has 4 aliphatic carbocycles. The third-order valence-electron chi connectivity index (χ3n) is 10.2. The first-order valence-corrected chi connectivity index (χ1v) is 13.8. The van der Waals surface area contributed by atoms with E-state index in [0.29, 0.717) is 23.7 Å². The van der Waals surface area contributed by atoms with E-state index in [0.717, 1.165) is 0 Å². The van der Waals surface area contributed by atoms with Gasteiger partial charge in [0.25, 0.3) is 0 Å². The first-order valence-electron chi connectivity index (χ1n) is 12.8. The number of hydroxylamine groups is 1. The van der Waals surface area contributed by atoms with Crippen LogP contribution in [0.25, 0.3) is 0 Å². The van der Waals surface area contributed by atoms with E-state index < -0.39 is 69.9 Å². The topological polar surface area (TPSA) is 76.1 Å². The number of carbonyl (C=O) groups excluding carboxylic acids is 2. The number of rotatable bonds is 3. The van der Waals surface area contributed by atoms with E-state index in [9.17, 15) is 14.7 Å². The number of nitrogens with zero attached hydrogens (tertiary/aromatic N) is 1. The van der Waals surface area contributed by atoms with Crippen molar-refractivity contribution in [1.29, 1.82) is 0 Å². The fraction of sp³-hybridized carbons (Fsp3) is 0.571. The molecule has 4 fully saturated rings. The molecule has 1 aliphatic heterocycles. The maximum Gasteiger partial charge on any atom is 0.343 e. The van der Waals surface area contributed by atoms with Crippen LogP contribution in [-0.4, -0.2) is 53.0 Å². The van der Waals surface area contributed by atoms with Gasteiger partial charge in [-0.25, -0.2) is 13.6 Å². The van der Waals surface area contributed by atoms with Crippen LogP contribution in [0.4, 0.5) is 14.5 Å². The Bertz CT molecular complexity index is 1260. The van der Waals surface area contributed by atoms with Crippen molar-refractivity contribution in [3.63, 3.8) is 0 Å². The molecule has 6 nitrogen and oxygen atoms in total. The number of fused-ring (bicyclic) bond motifs is 7. The second kappa shape index (κ2) is 8.50. The van der Waals surface area contributed by atoms with Crippen LogP contribution in [0.5, 0.6) is 0 Å². The zero-order valence-corrected chi connectivity index (χ0v) is 22.5. The lowest BCUT2D eigenvalue weighted by atomic mass is 9.44. The number of ether oxygens (including phenoxy) is 1. The molecule has 5 aliphatic rings. The molecule has 9 atom stereocenters. The third kappa shape index (κ3) is 3.12. The molecule has 0 radical (unpaired) electrons. The summed E-state index contributed by atoms with van der Waals surface area (Å²) >= 11 is 11.9. The van der Waals surface area contributed by atoms with Gasteiger partial charge in [-0.3, -0.25) is 14.7 Å². The molecule has 3 saturated carbocycles. The number of aliphatic hydroxyl groups excluding tert-OH is 1. The zero-order chi connectivity index (χ0) is 27.3. The third-order valence-corrected chi connectivity index (χ3v) is 10.6. The number of alkyl halides is 3. The summed E-state index contributed by atoms with van der Waals surface area (Å²) in [6.45, 7) is 3.67. The zero-order valence-electron chi connectivity index (χ0n) is 21.0. The highest BCUT2D eigenvalue weighted by molar-refractivity contribution is 6.30. The average Bonchev–Trinajstić information content (AvgIpc) is 3.37. The number of aliphatic hydroxyl groups is 1. The van der Waals surface area contributed by atoms with Gasteiger partial charge in [0.1, 0.15) is 6.17 Å². The Labute approximate surface area is 229 Å². The summed E-state index contributed by atoms with van der Waals surface area (Å²) in [6, 6.07) is 6.57. The van der Waals surface area contributed by atoms with E-state index in [1.807, 2.05) is 6.92 Å². The quantitative estimate of drug-likeness (QED) is 0.404. The van der Waals surface area contributed by atoms with Crippen molar-refractivity contribution in [2.24, 2.45) is 28.6 Å². The number of benzene rings is 1. The normalized spacial score (nSPS) is 45.1. The highest BCUT2D eigenvalue weighted by Crippen LogP contribution is 2.72. The molecule has 38 heavy (non-hydrogen) atoms. The van der Waals surface area contributed by atoms with Crippen LogP contribution in [0.2, 0.25) is 5.02 Å². The monoisotopic (exact) mass is 567 g/mol. The number of hydrogen-bond donors (Lipinski definition) is 1. The second-order valence-corrected chi connectivity index (χ2v) is 12.4. The van der Waals surface area contributed by atoms with Gasteiger partial charge in [-0.2, -0.15) is 0 Å². The highest BCUT2D eigenvalue weighted by Gasteiger charge is 2.80. The van der Waals surface area contributed by atoms with E-state index in [2.05, 4.69) is 0 Å². The largest absolute Gasteiger partial charge is 0.447 e. The van der Waals surface area contributed by atoms with E-state index >= 15 is 8.78 Å². The maximum absolute atomic E-state index is 17.4. The molecule has 1 aromatic carbocycles. The lowest BCUT2D eigenvalue weighted by Crippen LogP contribution is -2.70. The summed E-state index contributed by atoms with van der Waals surface area (Å²) in [5.41, 5.74) is -5.65. The predicted molar refractivity (Wildman–Crippen MR) is 137 cm³/mol. The van der Waals surface area contributed by atoms with Crippen molar-refractivity contribution in [2.45, 2.75) is 56.7 Å². The van der Waals surface area contributed by atoms with Gasteiger partial charge in [0, 0.05) is 27.7 Å². The minimum absolute atomic E-state index is 0.0611. The summed E-state index contributed by atoms with van der Waals surface area (Å²) in [4.78, 5) is 32.2. The summed E-state index contributed by atoms with van der Waals surface area (Å²) in [6.07, 6.45) is 0.746. The van der Waals surface area contributed by atoms with E-state index in [-0.39, 0.29) is 18.4 Å². The molecule has 0 amide bonds. The molecule has 1 saturated heterocycles. The number of halogens is 4. The van der Waals surface area contributed by atoms with Gasteiger partial charge >= 0.3 is 5.97 Å². The van der Waals surface area contributed by atoms with Gasteiger partial charge in [0.2, 0.25) is 5.60 Å². The molecule has 1 aromatic rings. The fourth-order valence-corrected chi connectivity index (χ4v) is 8.73. The lowest BCUT2D eigenvalue weighted by Gasteiger charge is -2.63. The van der Waals surface area contributed by atoms with Crippen LogP contribution < -0.4 is 5.06 Å². The van der Waals surface area contributed by atoms with Crippen LogP contribution in [0.1, 0.15) is 33.1 Å². The van der Waals surface area contributed by atoms with Gasteiger partial charge in [-0.15, -0.1) is 0 Å². The summed E-state index contributed by atoms with van der Waals surface area (Å²) in [7, 11) is 0. The van der Waals surface area contributed by atoms with Crippen molar-refractivity contribution < 1.29 is 33.1 Å². The second-order valence-electron chi connectivity index (χ2n) is 11.7. The Balaban J connectivity index is 1.44. The number of esters is 1. The molecule has 204 valence electrons. The van der Waals surface area contributed by atoms with Gasteiger partial charge in [-0.05, 0) is 74.1 Å². The Morgan fingerprint density at radius 3 is 2.63 bits per heavy atom. The molecule has 6 rings (SSSR count). The van der Waals surface area contributed by atoms with Crippen LogP contribution in [0.15, 0.2) is 48.1 Å². The Morgan fingerprint density at radius 1 is 1.24 bits per heavy atom. The Morgan fingerprint density at radius 2 is 1.95 bits per heavy atom. The van der Waals surface area contributed by atoms with E-state index in [1.54, 1.807) is 36.3 Å². The van der Waals surface area contributed by atoms with Gasteiger partial charge < -0.3 is 9.84 Å². The molecular weight excluding hydrogens is 539 g/mol. The molecule has 0 bridgehead atoms. The van der Waals surface area contributed by atoms with Crippen molar-refractivity contribution in [3.8, 4) is 0 Å². The van der Waals surface area contributed by atoms with Crippen LogP contribution >= 0.6 is 23.2 Å². The van der Waals surface area contributed by atoms with Crippen LogP contribution in [0.3, 0.4) is 0 Å². The fourth-order valence-electron chi connectivity index (χ4n) is 8.51. The maximum atomic E-state index is 17.4. The molecule has 0 spiro atoms. The Kier molecular flexibility index (Phi) is 5.87. The number of allylic oxidation sites excluding steroid dienone is 4. The first kappa shape index (κ1) is 26.2. The van der Waals surface area contributed by atoms with Gasteiger partial charge in [-0.1, -0.05) is 36.2 Å². The summed E-state index contributed by atoms with van der Waals surface area (Å²) in [5.74, 6) is -2.93. The standard InChI is InChI=1S/C28H29Cl2F2NO5/c1-25-8-7-18(34)10-21(25)22(31)11-20-19-9-15-13-33(17-5-3-16(30)4-6-17)38-28(15,24(36)37-14-29)26(19,2)12-23(35)27(20,25)32/h3-8,10,15,19-20,22-23,35H,9,11-14H2,1-2H3/t15-,19-,20-,22-,23-,25-,26-,27-,28-/m0/s1. The molecule has 0 aromatic heterocycles. The average molecular weight is 568 g/mol. The molecule has 0 unspecified atom stereocenters. The smallest absolute Gasteiger partial charge is 0.343 e. The van der Waals surface area contributed by atoms with Crippen molar-refractivity contribution in [2.75, 3.05) is 17.7 Å². The Hall–Kier alpha value is -2.00. The molecule has 1 N–H and O–H groups in total. The lowest BCUT2D eigenvalue weighted by molar-refractivity contribution is -0.234. The van der Waals surface area contributed by atoms with Gasteiger partial charge in [0.05, 0.1) is 18.3 Å². The number of anilines is 1. The highest BCUT2D eigenvalue weighted by atomic mass is 35.5. The summed E-state index contributed by atoms with van der Waals surface area (Å²) < 4.78 is 38.5. The molecular formula is C28H29Cl2F2NO5. The van der Waals surface area contributed by atoms with Crippen LogP contribution in [-0.2, 0) is 19.2 Å². The minimum Gasteiger partial charge on any atom is -0.447 e. The van der Waals surface area contributed by atoms with E-state index in [4.69, 9.17) is 32.8 Å². The summed E-state index contributed by atoms with van der Waals surface area (Å²) in [5, 5.41) is 13.7. The number of hydrogen-bond acceptors (Lipinski definition) is 6. The number of ketones is 1. The van der Waals surface area contributed by atoms with Crippen LogP contribution in [0, 0.1) is 28.6 Å². The van der Waals surface area contributed by atoms with Crippen molar-refractivity contribution in [1.82, 2.24) is 0 Å². The van der Waals surface area contributed by atoms with Gasteiger partial charge in [0.15, 0.2) is 17.5 Å². The van der Waals surface area contributed by atoms with Crippen molar-refractivity contribution in [3.05, 3.63) is 53.1 Å². The SMILES string of the molecule is C[C@]12C=CC(=O)C=C1[C@@H](F)C[C@H]1[C@@H]3C[C@H]4CN(c5ccc(Cl)cc5)O[C@@]4(C(=O)OCCl)[C@@]3(C)C[C@H](O)[C@@]12F. The minimum atomic E-state index is -2.24.